The first-order valence-electron chi connectivity index (χ1n) is 11.4. The van der Waals surface area contributed by atoms with Crippen molar-refractivity contribution in [3.63, 3.8) is 0 Å². The Morgan fingerprint density at radius 1 is 1.22 bits per heavy atom. The smallest absolute Gasteiger partial charge is 0.224 e. The minimum atomic E-state index is -0.111. The molecule has 0 radical (unpaired) electrons. The lowest BCUT2D eigenvalue weighted by Crippen LogP contribution is -2.54. The van der Waals surface area contributed by atoms with Crippen LogP contribution >= 0.6 is 0 Å². The lowest BCUT2D eigenvalue weighted by atomic mass is 9.74. The number of carbonyl (C=O) groups is 1. The van der Waals surface area contributed by atoms with Gasteiger partial charge in [0.25, 0.3) is 0 Å². The molecule has 1 N–H and O–H groups in total. The first-order valence-corrected chi connectivity index (χ1v) is 11.4. The Balaban J connectivity index is 1.50. The molecule has 2 fully saturated rings. The monoisotopic (exact) mass is 439 g/mol. The van der Waals surface area contributed by atoms with Gasteiger partial charge in [-0.2, -0.15) is 0 Å². The molecule has 7 nitrogen and oxygen atoms in total. The van der Waals surface area contributed by atoms with Crippen molar-refractivity contribution in [2.75, 3.05) is 44.8 Å². The van der Waals surface area contributed by atoms with Crippen molar-refractivity contribution in [2.24, 2.45) is 5.41 Å². The van der Waals surface area contributed by atoms with E-state index in [9.17, 15) is 9.90 Å². The molecule has 1 unspecified atom stereocenters. The van der Waals surface area contributed by atoms with Gasteiger partial charge in [-0.1, -0.05) is 26.0 Å². The number of ether oxygens (including phenoxy) is 2. The fourth-order valence-electron chi connectivity index (χ4n) is 4.78. The Kier molecular flexibility index (Phi) is 6.55. The number of carbonyl (C=O) groups excluding carboxylic acids is 1. The second-order valence-corrected chi connectivity index (χ2v) is 9.05. The van der Waals surface area contributed by atoms with Crippen LogP contribution in [-0.4, -0.2) is 66.9 Å². The van der Waals surface area contributed by atoms with Crippen LogP contribution in [0.2, 0.25) is 0 Å². The zero-order valence-electron chi connectivity index (χ0n) is 19.2. The predicted octanol–water partition coefficient (Wildman–Crippen LogP) is 3.08. The summed E-state index contributed by atoms with van der Waals surface area (Å²) in [5.74, 6) is 2.65. The number of likely N-dealkylation sites (tertiary alicyclic amines) is 1. The molecular weight excluding hydrogens is 406 g/mol. The summed E-state index contributed by atoms with van der Waals surface area (Å²) in [6.07, 6.45) is 3.02. The van der Waals surface area contributed by atoms with E-state index in [0.717, 1.165) is 42.4 Å². The van der Waals surface area contributed by atoms with Gasteiger partial charge in [-0.15, -0.1) is 0 Å². The largest absolute Gasteiger partial charge is 0.493 e. The summed E-state index contributed by atoms with van der Waals surface area (Å²) in [5.41, 5.74) is 1.13. The summed E-state index contributed by atoms with van der Waals surface area (Å²) in [6.45, 7) is 7.23. The number of hydrogen-bond acceptors (Lipinski definition) is 6. The van der Waals surface area contributed by atoms with Gasteiger partial charge in [0.1, 0.15) is 11.9 Å². The minimum absolute atomic E-state index is 0.0174. The van der Waals surface area contributed by atoms with Crippen LogP contribution < -0.4 is 14.4 Å². The molecule has 1 aromatic carbocycles. The number of rotatable bonds is 8. The van der Waals surface area contributed by atoms with Gasteiger partial charge in [0.05, 0.1) is 26.8 Å². The third-order valence-electron chi connectivity index (χ3n) is 6.99. The van der Waals surface area contributed by atoms with Crippen LogP contribution in [-0.2, 0) is 4.79 Å². The second kappa shape index (κ2) is 9.36. The molecule has 32 heavy (non-hydrogen) atoms. The summed E-state index contributed by atoms with van der Waals surface area (Å²) in [4.78, 5) is 20.9. The van der Waals surface area contributed by atoms with Crippen molar-refractivity contribution in [1.82, 2.24) is 9.88 Å². The van der Waals surface area contributed by atoms with Crippen molar-refractivity contribution in [3.8, 4) is 11.5 Å². The van der Waals surface area contributed by atoms with E-state index in [-0.39, 0.29) is 36.4 Å². The Labute approximate surface area is 190 Å². The molecule has 0 aliphatic carbocycles. The summed E-state index contributed by atoms with van der Waals surface area (Å²) < 4.78 is 11.9. The number of pyridine rings is 1. The van der Waals surface area contributed by atoms with Crippen molar-refractivity contribution >= 4 is 11.7 Å². The molecular formula is C25H33N3O4. The Morgan fingerprint density at radius 2 is 2.03 bits per heavy atom. The molecule has 4 rings (SSSR count). The number of aromatic nitrogens is 1. The summed E-state index contributed by atoms with van der Waals surface area (Å²) in [6, 6.07) is 12.1. The van der Waals surface area contributed by atoms with Gasteiger partial charge in [0, 0.05) is 31.6 Å². The van der Waals surface area contributed by atoms with Gasteiger partial charge in [-0.3, -0.25) is 4.79 Å². The van der Waals surface area contributed by atoms with Gasteiger partial charge in [0.2, 0.25) is 5.91 Å². The number of nitrogens with zero attached hydrogens (tertiary/aromatic N) is 3. The van der Waals surface area contributed by atoms with E-state index in [2.05, 4.69) is 35.9 Å². The summed E-state index contributed by atoms with van der Waals surface area (Å²) in [7, 11) is 1.66. The molecule has 0 bridgehead atoms. The van der Waals surface area contributed by atoms with Gasteiger partial charge in [-0.05, 0) is 41.7 Å². The minimum Gasteiger partial charge on any atom is -0.493 e. The maximum absolute atomic E-state index is 12.4. The van der Waals surface area contributed by atoms with Crippen LogP contribution in [0.1, 0.15) is 38.2 Å². The molecule has 2 aliphatic heterocycles. The second-order valence-electron chi connectivity index (χ2n) is 9.05. The molecule has 1 amide bonds. The van der Waals surface area contributed by atoms with Gasteiger partial charge >= 0.3 is 0 Å². The number of aliphatic hydroxyl groups is 1. The van der Waals surface area contributed by atoms with Gasteiger partial charge in [-0.25, -0.2) is 4.98 Å². The predicted molar refractivity (Wildman–Crippen MR) is 123 cm³/mol. The SMILES string of the molecule is CC[C@]1(C)CN(C(=O)CCO)CC1c1ccc(OC)c(OC2CN(c3ccccn3)C2)c1. The van der Waals surface area contributed by atoms with E-state index in [1.807, 2.05) is 29.2 Å². The van der Waals surface area contributed by atoms with E-state index in [0.29, 0.717) is 13.1 Å². The normalized spacial score (nSPS) is 23.2. The quantitative estimate of drug-likeness (QED) is 0.681. The van der Waals surface area contributed by atoms with Crippen LogP contribution in [0.25, 0.3) is 0 Å². The van der Waals surface area contributed by atoms with Crippen LogP contribution in [0.3, 0.4) is 0 Å². The first-order chi connectivity index (χ1) is 15.5. The van der Waals surface area contributed by atoms with Gasteiger partial charge < -0.3 is 24.4 Å². The first kappa shape index (κ1) is 22.4. The fraction of sp³-hybridized carbons (Fsp3) is 0.520. The van der Waals surface area contributed by atoms with Crippen LogP contribution in [0.15, 0.2) is 42.6 Å². The highest BCUT2D eigenvalue weighted by Crippen LogP contribution is 2.47. The standard InChI is InChI=1S/C25H33N3O4/c1-4-25(2)17-28(24(30)10-12-29)16-20(25)18-8-9-21(31-3)22(13-18)32-19-14-27(15-19)23-7-5-6-11-26-23/h5-9,11,13,19-20,29H,4,10,12,14-17H2,1-3H3/t20?,25-/m1/s1. The fourth-order valence-corrected chi connectivity index (χ4v) is 4.78. The maximum atomic E-state index is 12.4. The van der Waals surface area contributed by atoms with Crippen molar-refractivity contribution in [2.45, 2.75) is 38.7 Å². The number of anilines is 1. The van der Waals surface area contributed by atoms with Crippen LogP contribution in [0.4, 0.5) is 5.82 Å². The topological polar surface area (TPSA) is 75.1 Å². The van der Waals surface area contributed by atoms with Crippen molar-refractivity contribution < 1.29 is 19.4 Å². The third-order valence-corrected chi connectivity index (χ3v) is 6.99. The molecule has 7 heteroatoms. The van der Waals surface area contributed by atoms with E-state index in [1.54, 1.807) is 13.3 Å². The van der Waals surface area contributed by atoms with E-state index in [4.69, 9.17) is 9.47 Å². The number of benzene rings is 1. The molecule has 1 aromatic heterocycles. The Hall–Kier alpha value is -2.80. The highest BCUT2D eigenvalue weighted by molar-refractivity contribution is 5.77. The molecule has 2 atom stereocenters. The van der Waals surface area contributed by atoms with Crippen molar-refractivity contribution in [3.05, 3.63) is 48.2 Å². The molecule has 2 saturated heterocycles. The molecule has 3 heterocycles. The van der Waals surface area contributed by atoms with Crippen molar-refractivity contribution in [1.29, 1.82) is 0 Å². The van der Waals surface area contributed by atoms with Crippen LogP contribution in [0, 0.1) is 5.41 Å². The highest BCUT2D eigenvalue weighted by Gasteiger charge is 2.44. The molecule has 172 valence electrons. The van der Waals surface area contributed by atoms with Gasteiger partial charge in [0.15, 0.2) is 11.5 Å². The maximum Gasteiger partial charge on any atom is 0.224 e. The number of methoxy groups -OCH3 is 1. The van der Waals surface area contributed by atoms with Crippen LogP contribution in [0.5, 0.6) is 11.5 Å². The highest BCUT2D eigenvalue weighted by atomic mass is 16.5. The molecule has 2 aliphatic rings. The number of amides is 1. The zero-order chi connectivity index (χ0) is 22.7. The lowest BCUT2D eigenvalue weighted by molar-refractivity contribution is -0.131. The van der Waals surface area contributed by atoms with E-state index >= 15 is 0 Å². The summed E-state index contributed by atoms with van der Waals surface area (Å²) >= 11 is 0. The zero-order valence-corrected chi connectivity index (χ0v) is 19.2. The Bertz CT molecular complexity index is 932. The average Bonchev–Trinajstić information content (AvgIpc) is 3.15. The average molecular weight is 440 g/mol. The third kappa shape index (κ3) is 4.39. The number of hydrogen-bond donors (Lipinski definition) is 1. The molecule has 2 aromatic rings. The molecule has 0 saturated carbocycles. The number of aliphatic hydroxyl groups excluding tert-OH is 1. The van der Waals surface area contributed by atoms with E-state index < -0.39 is 0 Å². The summed E-state index contributed by atoms with van der Waals surface area (Å²) in [5, 5.41) is 9.18. The molecule has 0 spiro atoms. The van der Waals surface area contributed by atoms with E-state index in [1.165, 1.54) is 0 Å². The lowest BCUT2D eigenvalue weighted by Gasteiger charge is -2.40. The Morgan fingerprint density at radius 3 is 2.69 bits per heavy atom.